The van der Waals surface area contributed by atoms with Crippen LogP contribution in [0.4, 0.5) is 3.52 Å². The van der Waals surface area contributed by atoms with Gasteiger partial charge in [0.05, 0.1) is 19.6 Å². The second-order valence-corrected chi connectivity index (χ2v) is 8.76. The molecule has 0 spiro atoms. The summed E-state index contributed by atoms with van der Waals surface area (Å²) in [7, 11) is 1.42. The maximum atomic E-state index is 12.3. The number of rotatable bonds is 18. The van der Waals surface area contributed by atoms with Crippen LogP contribution in [0.5, 0.6) is 0 Å². The summed E-state index contributed by atoms with van der Waals surface area (Å²) in [4.78, 5) is 63.6. The van der Waals surface area contributed by atoms with Gasteiger partial charge in [-0.25, -0.2) is 0 Å². The summed E-state index contributed by atoms with van der Waals surface area (Å²) in [6, 6.07) is 0. The number of nitrogens with one attached hydrogen (secondary N) is 2. The van der Waals surface area contributed by atoms with Crippen LogP contribution < -0.4 is 10.6 Å². The first-order valence-corrected chi connectivity index (χ1v) is 12.9. The Bertz CT molecular complexity index is 755. The molecule has 12 nitrogen and oxygen atoms in total. The number of carbonyl (C=O) groups is 5. The quantitative estimate of drug-likeness (QED) is 0.0475. The predicted octanol–water partition coefficient (Wildman–Crippen LogP) is -0.928. The molecule has 3 amide bonds. The molecule has 0 fully saturated rings. The third kappa shape index (κ3) is 13.3. The summed E-state index contributed by atoms with van der Waals surface area (Å²) < 4.78 is 19.4. The number of methoxy groups -OCH3 is 1. The van der Waals surface area contributed by atoms with Crippen LogP contribution >= 0.6 is 31.9 Å². The van der Waals surface area contributed by atoms with Crippen LogP contribution in [0.1, 0.15) is 6.92 Å². The molecular weight excluding hydrogens is 628 g/mol. The van der Waals surface area contributed by atoms with E-state index in [1.165, 1.54) is 7.11 Å². The van der Waals surface area contributed by atoms with Crippen LogP contribution in [0.25, 0.3) is 0 Å². The maximum Gasteiger partial charge on any atom is 0.447 e. The highest BCUT2D eigenvalue weighted by molar-refractivity contribution is 9.14. The number of amides is 3. The van der Waals surface area contributed by atoms with Gasteiger partial charge in [-0.3, -0.25) is 33.9 Å². The normalized spacial score (nSPS) is 13.2. The molecule has 0 bridgehead atoms. The van der Waals surface area contributed by atoms with E-state index in [9.17, 15) is 27.5 Å². The van der Waals surface area contributed by atoms with Crippen LogP contribution in [0.3, 0.4) is 0 Å². The molecule has 36 heavy (non-hydrogen) atoms. The molecule has 0 unspecified atom stereocenters. The molecule has 1 aliphatic rings. The molecule has 0 aromatic carbocycles. The van der Waals surface area contributed by atoms with Crippen LogP contribution in [0.2, 0.25) is 0 Å². The number of imide groups is 1. The Kier molecular flexibility index (Phi) is 20.0. The highest BCUT2D eigenvalue weighted by Crippen LogP contribution is 2.28. The minimum absolute atomic E-state index is 0.0485. The zero-order valence-corrected chi connectivity index (χ0v) is 24.6. The SMILES string of the molecule is CCN(CCN(CCNCC=O)CC(=O)OCOC)CC(=O)NCCN1C(=O)C(Br)=C(Br)C1=O.[F][Al]. The second kappa shape index (κ2) is 20.8. The Labute approximate surface area is 235 Å². The van der Waals surface area contributed by atoms with E-state index in [4.69, 9.17) is 9.47 Å². The monoisotopic (exact) mass is 657 g/mol. The molecule has 0 saturated carbocycles. The molecule has 202 valence electrons. The summed E-state index contributed by atoms with van der Waals surface area (Å²) in [5.74, 6) is -1.58. The molecule has 2 N–H and O–H groups in total. The van der Waals surface area contributed by atoms with E-state index < -0.39 is 17.8 Å². The number of hydrogen-bond acceptors (Lipinski definition) is 10. The zero-order valence-electron chi connectivity index (χ0n) is 20.3. The minimum Gasteiger partial charge on any atom is -0.447 e. The van der Waals surface area contributed by atoms with Crippen molar-refractivity contribution in [2.75, 3.05) is 79.4 Å². The number of halogens is 3. The molecular formula is C20H31AlBr2FN5O7. The van der Waals surface area contributed by atoms with Gasteiger partial charge in [0.25, 0.3) is 11.8 Å². The smallest absolute Gasteiger partial charge is 0.447 e. The van der Waals surface area contributed by atoms with E-state index in [1.54, 1.807) is 0 Å². The lowest BCUT2D eigenvalue weighted by Gasteiger charge is -2.26. The summed E-state index contributed by atoms with van der Waals surface area (Å²) in [6.07, 6.45) is 0.762. The van der Waals surface area contributed by atoms with Crippen molar-refractivity contribution < 1.29 is 37.0 Å². The van der Waals surface area contributed by atoms with Gasteiger partial charge in [-0.2, -0.15) is 0 Å². The topological polar surface area (TPSA) is 138 Å². The Balaban J connectivity index is 0.00000596. The Morgan fingerprint density at radius 3 is 2.22 bits per heavy atom. The lowest BCUT2D eigenvalue weighted by molar-refractivity contribution is -0.155. The highest BCUT2D eigenvalue weighted by Gasteiger charge is 2.35. The molecule has 1 heterocycles. The molecule has 1 rings (SSSR count). The van der Waals surface area contributed by atoms with Crippen LogP contribution in [0, 0.1) is 0 Å². The lowest BCUT2D eigenvalue weighted by atomic mass is 10.3. The first kappa shape index (κ1) is 34.8. The number of carbonyl (C=O) groups excluding carboxylic acids is 5. The van der Waals surface area contributed by atoms with Gasteiger partial charge in [-0.05, 0) is 38.4 Å². The molecule has 16 heteroatoms. The molecule has 0 saturated heterocycles. The maximum absolute atomic E-state index is 12.3. The summed E-state index contributed by atoms with van der Waals surface area (Å²) in [5.41, 5.74) is 0. The lowest BCUT2D eigenvalue weighted by Crippen LogP contribution is -2.45. The number of aldehydes is 1. The van der Waals surface area contributed by atoms with Crippen molar-refractivity contribution in [3.8, 4) is 0 Å². The Morgan fingerprint density at radius 1 is 1.06 bits per heavy atom. The fraction of sp³-hybridized carbons (Fsp3) is 0.650. The Morgan fingerprint density at radius 2 is 1.67 bits per heavy atom. The summed E-state index contributed by atoms with van der Waals surface area (Å²) >= 11 is 7.04. The number of likely N-dealkylation sites (N-methyl/N-ethyl adjacent to an activating group) is 1. The summed E-state index contributed by atoms with van der Waals surface area (Å²) in [5, 5.41) is 5.66. The average Bonchev–Trinajstić information content (AvgIpc) is 3.06. The largest absolute Gasteiger partial charge is 0.447 e. The van der Waals surface area contributed by atoms with Gasteiger partial charge in [0.15, 0.2) is 6.79 Å². The third-order valence-electron chi connectivity index (χ3n) is 4.79. The van der Waals surface area contributed by atoms with E-state index >= 15 is 0 Å². The number of nitrogens with zero attached hydrogens (tertiary/aromatic N) is 3. The van der Waals surface area contributed by atoms with Crippen molar-refractivity contribution in [3.63, 3.8) is 0 Å². The molecule has 0 atom stereocenters. The van der Waals surface area contributed by atoms with E-state index in [2.05, 4.69) is 42.5 Å². The first-order chi connectivity index (χ1) is 17.2. The van der Waals surface area contributed by atoms with Gasteiger partial charge in [0.2, 0.25) is 5.91 Å². The van der Waals surface area contributed by atoms with Crippen molar-refractivity contribution in [2.45, 2.75) is 6.92 Å². The predicted molar refractivity (Wildman–Crippen MR) is 137 cm³/mol. The highest BCUT2D eigenvalue weighted by atomic mass is 79.9. The van der Waals surface area contributed by atoms with Gasteiger partial charge < -0.3 is 28.4 Å². The molecule has 0 aromatic heterocycles. The molecule has 0 aliphatic carbocycles. The first-order valence-electron chi connectivity index (χ1n) is 10.9. The molecule has 1 aliphatic heterocycles. The summed E-state index contributed by atoms with van der Waals surface area (Å²) in [6.45, 7) is 5.01. The fourth-order valence-corrected chi connectivity index (χ4v) is 3.71. The third-order valence-corrected chi connectivity index (χ3v) is 6.79. The number of ether oxygens (including phenoxy) is 2. The van der Waals surface area contributed by atoms with E-state index in [0.29, 0.717) is 32.7 Å². The van der Waals surface area contributed by atoms with Gasteiger partial charge in [0.1, 0.15) is 15.3 Å². The number of esters is 1. The van der Waals surface area contributed by atoms with Gasteiger partial charge in [-0.1, -0.05) is 6.92 Å². The molecule has 0 aromatic rings. The van der Waals surface area contributed by atoms with Crippen molar-refractivity contribution in [1.82, 2.24) is 25.3 Å². The van der Waals surface area contributed by atoms with Crippen molar-refractivity contribution >= 4 is 78.6 Å². The second-order valence-electron chi connectivity index (χ2n) is 7.18. The van der Waals surface area contributed by atoms with Crippen molar-refractivity contribution in [2.24, 2.45) is 0 Å². The standard InChI is InChI=1S/C20H31Br2N5O7.Al.FH/c1-3-25(9-10-26(7-4-23-6-11-28)13-16(30)34-14-33-2)12-15(29)24-5-8-27-19(31)17(21)18(22)20(27)32;;/h11,23H,3-10,12-14H2,1-2H3,(H,24,29);;1H/q;+1;/p-1. The van der Waals surface area contributed by atoms with Crippen LogP contribution in [0.15, 0.2) is 8.96 Å². The fourth-order valence-electron chi connectivity index (χ4n) is 2.94. The van der Waals surface area contributed by atoms with Crippen molar-refractivity contribution in [1.29, 1.82) is 0 Å². The molecule has 2 radical (unpaired) electrons. The zero-order chi connectivity index (χ0) is 27.5. The van der Waals surface area contributed by atoms with E-state index in [0.717, 1.165) is 27.9 Å². The van der Waals surface area contributed by atoms with Gasteiger partial charge in [0, 0.05) is 46.4 Å². The van der Waals surface area contributed by atoms with Gasteiger partial charge in [-0.15, -0.1) is 0 Å². The minimum atomic E-state index is -0.451. The van der Waals surface area contributed by atoms with E-state index in [-0.39, 0.29) is 54.4 Å². The average molecular weight is 659 g/mol. The number of hydrogen-bond donors (Lipinski definition) is 2. The van der Waals surface area contributed by atoms with Crippen LogP contribution in [-0.4, -0.2) is 141 Å². The van der Waals surface area contributed by atoms with Crippen molar-refractivity contribution in [3.05, 3.63) is 8.96 Å². The van der Waals surface area contributed by atoms with Crippen LogP contribution in [-0.2, 0) is 33.4 Å². The van der Waals surface area contributed by atoms with Gasteiger partial charge >= 0.3 is 22.7 Å². The van der Waals surface area contributed by atoms with E-state index in [1.807, 2.05) is 16.7 Å². The Hall–Kier alpha value is -1.25.